The third-order valence-electron chi connectivity index (χ3n) is 3.80. The van der Waals surface area contributed by atoms with Crippen LogP contribution >= 0.6 is 23.4 Å². The standard InChI is InChI=1S/C19H20ClN3OS/c1-23(2)9-10-25-18-12-21-19(14-5-3-4-6-17(14)24)15-11-13(20)7-8-16(15)22-18/h3-8,11,24H,9-10,12H2,1-2H3. The van der Waals surface area contributed by atoms with E-state index in [1.165, 1.54) is 0 Å². The Kier molecular flexibility index (Phi) is 5.78. The van der Waals surface area contributed by atoms with E-state index in [9.17, 15) is 5.11 Å². The molecule has 0 radical (unpaired) electrons. The number of nitrogens with zero attached hydrogens (tertiary/aromatic N) is 3. The molecule has 1 heterocycles. The van der Waals surface area contributed by atoms with Gasteiger partial charge in [-0.2, -0.15) is 0 Å². The van der Waals surface area contributed by atoms with Gasteiger partial charge in [-0.1, -0.05) is 23.7 Å². The first-order valence-electron chi connectivity index (χ1n) is 8.02. The maximum absolute atomic E-state index is 10.3. The normalized spacial score (nSPS) is 13.9. The number of rotatable bonds is 4. The van der Waals surface area contributed by atoms with Crippen LogP contribution in [0.25, 0.3) is 0 Å². The highest BCUT2D eigenvalue weighted by Crippen LogP contribution is 2.32. The number of hydrogen-bond donors (Lipinski definition) is 1. The number of halogens is 1. The summed E-state index contributed by atoms with van der Waals surface area (Å²) in [5.41, 5.74) is 3.09. The summed E-state index contributed by atoms with van der Waals surface area (Å²) in [5, 5.41) is 11.9. The van der Waals surface area contributed by atoms with Crippen LogP contribution in [0.3, 0.4) is 0 Å². The van der Waals surface area contributed by atoms with Gasteiger partial charge in [0.1, 0.15) is 5.75 Å². The molecule has 0 fully saturated rings. The van der Waals surface area contributed by atoms with Gasteiger partial charge in [-0.05, 0) is 44.4 Å². The average Bonchev–Trinajstić information content (AvgIpc) is 2.74. The first-order chi connectivity index (χ1) is 12.0. The van der Waals surface area contributed by atoms with E-state index >= 15 is 0 Å². The summed E-state index contributed by atoms with van der Waals surface area (Å²) in [5.74, 6) is 1.16. The molecule has 0 bridgehead atoms. The minimum absolute atomic E-state index is 0.205. The van der Waals surface area contributed by atoms with Crippen LogP contribution in [0.5, 0.6) is 5.75 Å². The van der Waals surface area contributed by atoms with Gasteiger partial charge in [-0.25, -0.2) is 4.99 Å². The van der Waals surface area contributed by atoms with Gasteiger partial charge in [0.25, 0.3) is 0 Å². The Hall–Kier alpha value is -1.82. The van der Waals surface area contributed by atoms with Gasteiger partial charge >= 0.3 is 0 Å². The van der Waals surface area contributed by atoms with E-state index in [-0.39, 0.29) is 5.75 Å². The molecule has 25 heavy (non-hydrogen) atoms. The highest BCUT2D eigenvalue weighted by molar-refractivity contribution is 8.14. The number of thioether (sulfide) groups is 1. The molecule has 0 aromatic heterocycles. The van der Waals surface area contributed by atoms with E-state index in [2.05, 4.69) is 19.0 Å². The second-order valence-corrected chi connectivity index (χ2v) is 7.61. The van der Waals surface area contributed by atoms with Crippen molar-refractivity contribution in [2.75, 3.05) is 32.9 Å². The molecule has 0 spiro atoms. The van der Waals surface area contributed by atoms with Gasteiger partial charge in [0.2, 0.25) is 0 Å². The molecule has 0 amide bonds. The summed E-state index contributed by atoms with van der Waals surface area (Å²) in [7, 11) is 4.11. The van der Waals surface area contributed by atoms with Crippen LogP contribution in [0.4, 0.5) is 5.69 Å². The second-order valence-electron chi connectivity index (χ2n) is 6.00. The molecule has 2 aromatic carbocycles. The highest BCUT2D eigenvalue weighted by atomic mass is 35.5. The summed E-state index contributed by atoms with van der Waals surface area (Å²) in [6.45, 7) is 1.47. The van der Waals surface area contributed by atoms with Crippen LogP contribution in [0.15, 0.2) is 52.4 Å². The molecule has 4 nitrogen and oxygen atoms in total. The molecule has 3 rings (SSSR count). The summed E-state index contributed by atoms with van der Waals surface area (Å²) < 4.78 is 0. The predicted octanol–water partition coefficient (Wildman–Crippen LogP) is 4.22. The van der Waals surface area contributed by atoms with Crippen molar-refractivity contribution in [3.63, 3.8) is 0 Å². The van der Waals surface area contributed by atoms with Crippen molar-refractivity contribution in [2.45, 2.75) is 0 Å². The molecule has 0 saturated carbocycles. The van der Waals surface area contributed by atoms with E-state index in [1.54, 1.807) is 23.9 Å². The van der Waals surface area contributed by atoms with Gasteiger partial charge in [-0.15, -0.1) is 11.8 Å². The number of aromatic hydroxyl groups is 1. The van der Waals surface area contributed by atoms with Crippen LogP contribution in [0.1, 0.15) is 11.1 Å². The Labute approximate surface area is 157 Å². The van der Waals surface area contributed by atoms with Crippen LogP contribution < -0.4 is 0 Å². The lowest BCUT2D eigenvalue weighted by Gasteiger charge is -2.10. The lowest BCUT2D eigenvalue weighted by Crippen LogP contribution is -2.16. The van der Waals surface area contributed by atoms with Crippen molar-refractivity contribution in [3.8, 4) is 5.75 Å². The van der Waals surface area contributed by atoms with E-state index in [4.69, 9.17) is 21.6 Å². The zero-order valence-electron chi connectivity index (χ0n) is 14.2. The zero-order valence-corrected chi connectivity index (χ0v) is 15.8. The smallest absolute Gasteiger partial charge is 0.124 e. The Morgan fingerprint density at radius 3 is 2.72 bits per heavy atom. The Bertz CT molecular complexity index is 833. The Balaban J connectivity index is 1.99. The molecule has 1 N–H and O–H groups in total. The molecule has 0 unspecified atom stereocenters. The molecule has 1 aliphatic heterocycles. The van der Waals surface area contributed by atoms with E-state index in [1.807, 2.05) is 30.3 Å². The molecular formula is C19H20ClN3OS. The molecule has 0 aliphatic carbocycles. The van der Waals surface area contributed by atoms with Crippen molar-refractivity contribution in [1.82, 2.24) is 4.90 Å². The minimum atomic E-state index is 0.205. The monoisotopic (exact) mass is 373 g/mol. The number of benzene rings is 2. The fourth-order valence-electron chi connectivity index (χ4n) is 2.53. The molecule has 130 valence electrons. The number of phenolic OH excluding ortho intramolecular Hbond substituents is 1. The van der Waals surface area contributed by atoms with Gasteiger partial charge in [0, 0.05) is 28.4 Å². The number of fused-ring (bicyclic) bond motifs is 1. The van der Waals surface area contributed by atoms with Crippen molar-refractivity contribution in [1.29, 1.82) is 0 Å². The fourth-order valence-corrected chi connectivity index (χ4v) is 3.71. The Morgan fingerprint density at radius 1 is 1.16 bits per heavy atom. The van der Waals surface area contributed by atoms with Gasteiger partial charge < -0.3 is 10.0 Å². The van der Waals surface area contributed by atoms with E-state index in [0.717, 1.165) is 34.3 Å². The third-order valence-corrected chi connectivity index (χ3v) is 4.97. The number of aliphatic imine (C=N–C) groups is 2. The highest BCUT2D eigenvalue weighted by Gasteiger charge is 2.19. The average molecular weight is 374 g/mol. The van der Waals surface area contributed by atoms with E-state index in [0.29, 0.717) is 17.1 Å². The predicted molar refractivity (Wildman–Crippen MR) is 108 cm³/mol. The summed E-state index contributed by atoms with van der Waals surface area (Å²) in [6.07, 6.45) is 0. The third kappa shape index (κ3) is 4.42. The van der Waals surface area contributed by atoms with Crippen molar-refractivity contribution in [2.24, 2.45) is 9.98 Å². The zero-order chi connectivity index (χ0) is 17.8. The van der Waals surface area contributed by atoms with Crippen LogP contribution in [-0.4, -0.2) is 53.7 Å². The molecule has 0 saturated heterocycles. The van der Waals surface area contributed by atoms with Crippen LogP contribution in [0, 0.1) is 0 Å². The van der Waals surface area contributed by atoms with Gasteiger partial charge in [0.05, 0.1) is 23.0 Å². The van der Waals surface area contributed by atoms with Crippen molar-refractivity contribution in [3.05, 3.63) is 58.6 Å². The lowest BCUT2D eigenvalue weighted by atomic mass is 10.00. The number of phenols is 1. The SMILES string of the molecule is CN(C)CCSC1=Nc2ccc(Cl)cc2C(c2ccccc2O)=NC1. The maximum Gasteiger partial charge on any atom is 0.124 e. The second kappa shape index (κ2) is 8.04. The maximum atomic E-state index is 10.3. The summed E-state index contributed by atoms with van der Waals surface area (Å²) in [6, 6.07) is 12.8. The minimum Gasteiger partial charge on any atom is -0.507 e. The van der Waals surface area contributed by atoms with E-state index < -0.39 is 0 Å². The summed E-state index contributed by atoms with van der Waals surface area (Å²) >= 11 is 7.91. The van der Waals surface area contributed by atoms with Crippen LogP contribution in [-0.2, 0) is 0 Å². The number of hydrogen-bond acceptors (Lipinski definition) is 5. The first-order valence-corrected chi connectivity index (χ1v) is 9.39. The largest absolute Gasteiger partial charge is 0.507 e. The van der Waals surface area contributed by atoms with Crippen molar-refractivity contribution >= 4 is 39.8 Å². The molecule has 0 atom stereocenters. The Morgan fingerprint density at radius 2 is 1.96 bits per heavy atom. The number of para-hydroxylation sites is 1. The van der Waals surface area contributed by atoms with Gasteiger partial charge in [-0.3, -0.25) is 4.99 Å². The molecule has 1 aliphatic rings. The topological polar surface area (TPSA) is 48.2 Å². The molecule has 2 aromatic rings. The lowest BCUT2D eigenvalue weighted by molar-refractivity contribution is 0.437. The van der Waals surface area contributed by atoms with Gasteiger partial charge in [0.15, 0.2) is 0 Å². The quantitative estimate of drug-likeness (QED) is 0.872. The summed E-state index contributed by atoms with van der Waals surface area (Å²) in [4.78, 5) is 11.7. The van der Waals surface area contributed by atoms with Crippen molar-refractivity contribution < 1.29 is 5.11 Å². The van der Waals surface area contributed by atoms with Crippen LogP contribution in [0.2, 0.25) is 5.02 Å². The molecular weight excluding hydrogens is 354 g/mol. The molecule has 6 heteroatoms. The fraction of sp³-hybridized carbons (Fsp3) is 0.263. The first kappa shape index (κ1) is 18.0.